The predicted molar refractivity (Wildman–Crippen MR) is 87.0 cm³/mol. The van der Waals surface area contributed by atoms with E-state index in [4.69, 9.17) is 4.74 Å². The smallest absolute Gasteiger partial charge is 0.0594 e. The van der Waals surface area contributed by atoms with E-state index in [1.807, 2.05) is 0 Å². The van der Waals surface area contributed by atoms with E-state index in [0.717, 1.165) is 44.1 Å². The fraction of sp³-hybridized carbons (Fsp3) is 0.684. The van der Waals surface area contributed by atoms with Crippen LogP contribution in [0.25, 0.3) is 0 Å². The number of likely N-dealkylation sites (tertiary alicyclic amines) is 1. The molecule has 2 heterocycles. The standard InChI is InChI=1S/C19H26N2O/c1-2-4-16-15(3-1)17-12-20(11-14-5-6-14)13-18(17)19(16)21-7-9-22-10-8-21/h1-4,14,17-19H,5-13H2/t17-,18-,19-/m0/s1. The molecule has 0 amide bonds. The second-order valence-electron chi connectivity index (χ2n) is 7.65. The summed E-state index contributed by atoms with van der Waals surface area (Å²) in [5.41, 5.74) is 3.26. The van der Waals surface area contributed by atoms with Gasteiger partial charge in [0.05, 0.1) is 13.2 Å². The molecular weight excluding hydrogens is 272 g/mol. The van der Waals surface area contributed by atoms with Crippen molar-refractivity contribution in [2.45, 2.75) is 24.8 Å². The van der Waals surface area contributed by atoms with Crippen LogP contribution in [0.1, 0.15) is 35.9 Å². The van der Waals surface area contributed by atoms with Gasteiger partial charge in [-0.05, 0) is 35.8 Å². The maximum Gasteiger partial charge on any atom is 0.0594 e. The highest BCUT2D eigenvalue weighted by molar-refractivity contribution is 5.41. The second-order valence-corrected chi connectivity index (χ2v) is 7.65. The van der Waals surface area contributed by atoms with Gasteiger partial charge in [0.25, 0.3) is 0 Å². The Labute approximate surface area is 133 Å². The Bertz CT molecular complexity index is 550. The Morgan fingerprint density at radius 1 is 1.00 bits per heavy atom. The summed E-state index contributed by atoms with van der Waals surface area (Å²) >= 11 is 0. The van der Waals surface area contributed by atoms with Gasteiger partial charge in [-0.2, -0.15) is 0 Å². The van der Waals surface area contributed by atoms with Crippen LogP contribution in [-0.2, 0) is 4.74 Å². The summed E-state index contributed by atoms with van der Waals surface area (Å²) in [4.78, 5) is 5.46. The third-order valence-electron chi connectivity index (χ3n) is 6.21. The molecule has 2 aliphatic carbocycles. The minimum Gasteiger partial charge on any atom is -0.379 e. The van der Waals surface area contributed by atoms with Crippen LogP contribution in [0.2, 0.25) is 0 Å². The summed E-state index contributed by atoms with van der Waals surface area (Å²) in [5, 5.41) is 0. The zero-order valence-corrected chi connectivity index (χ0v) is 13.3. The second kappa shape index (κ2) is 5.33. The van der Waals surface area contributed by atoms with Gasteiger partial charge < -0.3 is 9.64 Å². The van der Waals surface area contributed by atoms with E-state index in [2.05, 4.69) is 34.1 Å². The van der Waals surface area contributed by atoms with Crippen molar-refractivity contribution in [3.63, 3.8) is 0 Å². The summed E-state index contributed by atoms with van der Waals surface area (Å²) in [6.45, 7) is 7.96. The summed E-state index contributed by atoms with van der Waals surface area (Å²) < 4.78 is 5.59. The van der Waals surface area contributed by atoms with Gasteiger partial charge in [-0.3, -0.25) is 4.90 Å². The molecule has 1 aromatic carbocycles. The Morgan fingerprint density at radius 2 is 1.77 bits per heavy atom. The van der Waals surface area contributed by atoms with Crippen LogP contribution in [0.3, 0.4) is 0 Å². The summed E-state index contributed by atoms with van der Waals surface area (Å²) in [6, 6.07) is 9.89. The predicted octanol–water partition coefficient (Wildman–Crippen LogP) is 2.50. The van der Waals surface area contributed by atoms with Crippen LogP contribution in [-0.4, -0.2) is 55.7 Å². The van der Waals surface area contributed by atoms with E-state index >= 15 is 0 Å². The maximum absolute atomic E-state index is 5.59. The van der Waals surface area contributed by atoms with Crippen LogP contribution in [0.5, 0.6) is 0 Å². The highest BCUT2D eigenvalue weighted by atomic mass is 16.5. The number of hydrogen-bond acceptors (Lipinski definition) is 3. The Hall–Kier alpha value is -0.900. The van der Waals surface area contributed by atoms with Gasteiger partial charge in [-0.15, -0.1) is 0 Å². The number of ether oxygens (including phenoxy) is 1. The Morgan fingerprint density at radius 3 is 2.55 bits per heavy atom. The molecule has 3 atom stereocenters. The first kappa shape index (κ1) is 13.5. The molecule has 5 rings (SSSR count). The highest BCUT2D eigenvalue weighted by Gasteiger charge is 2.48. The van der Waals surface area contributed by atoms with Crippen LogP contribution >= 0.6 is 0 Å². The average Bonchev–Trinajstić information content (AvgIpc) is 3.19. The van der Waals surface area contributed by atoms with Crippen molar-refractivity contribution >= 4 is 0 Å². The zero-order chi connectivity index (χ0) is 14.5. The highest BCUT2D eigenvalue weighted by Crippen LogP contribution is 2.52. The Kier molecular flexibility index (Phi) is 3.28. The first-order valence-corrected chi connectivity index (χ1v) is 9.03. The number of morpholine rings is 1. The lowest BCUT2D eigenvalue weighted by atomic mass is 9.93. The first-order chi connectivity index (χ1) is 10.9. The van der Waals surface area contributed by atoms with Crippen molar-refractivity contribution in [1.82, 2.24) is 9.80 Å². The molecule has 1 aromatic rings. The van der Waals surface area contributed by atoms with Gasteiger partial charge in [0.15, 0.2) is 0 Å². The van der Waals surface area contributed by atoms with E-state index in [1.165, 1.54) is 32.5 Å². The quantitative estimate of drug-likeness (QED) is 0.853. The molecule has 0 bridgehead atoms. The molecule has 2 aliphatic heterocycles. The molecule has 3 heteroatoms. The fourth-order valence-corrected chi connectivity index (χ4v) is 5.05. The zero-order valence-electron chi connectivity index (χ0n) is 13.3. The van der Waals surface area contributed by atoms with Crippen molar-refractivity contribution in [2.24, 2.45) is 11.8 Å². The maximum atomic E-state index is 5.59. The summed E-state index contributed by atoms with van der Waals surface area (Å²) in [6.07, 6.45) is 2.94. The van der Waals surface area contributed by atoms with E-state index < -0.39 is 0 Å². The molecule has 0 aromatic heterocycles. The van der Waals surface area contributed by atoms with Crippen LogP contribution < -0.4 is 0 Å². The van der Waals surface area contributed by atoms with E-state index in [1.54, 1.807) is 11.1 Å². The molecule has 3 nitrogen and oxygen atoms in total. The molecule has 3 fully saturated rings. The van der Waals surface area contributed by atoms with Crippen molar-refractivity contribution in [3.05, 3.63) is 35.4 Å². The molecule has 0 spiro atoms. The molecule has 22 heavy (non-hydrogen) atoms. The third kappa shape index (κ3) is 2.22. The number of benzene rings is 1. The number of fused-ring (bicyclic) bond motifs is 3. The van der Waals surface area contributed by atoms with Gasteiger partial charge in [0.1, 0.15) is 0 Å². The number of nitrogens with zero attached hydrogens (tertiary/aromatic N) is 2. The van der Waals surface area contributed by atoms with Crippen molar-refractivity contribution < 1.29 is 4.74 Å². The molecule has 2 saturated heterocycles. The van der Waals surface area contributed by atoms with Gasteiger partial charge in [-0.1, -0.05) is 24.3 Å². The molecular formula is C19H26N2O. The summed E-state index contributed by atoms with van der Waals surface area (Å²) in [7, 11) is 0. The van der Waals surface area contributed by atoms with E-state index in [-0.39, 0.29) is 0 Å². The molecule has 1 saturated carbocycles. The van der Waals surface area contributed by atoms with Crippen LogP contribution in [0.4, 0.5) is 0 Å². The topological polar surface area (TPSA) is 15.7 Å². The molecule has 0 unspecified atom stereocenters. The number of rotatable bonds is 3. The first-order valence-electron chi connectivity index (χ1n) is 9.03. The van der Waals surface area contributed by atoms with Crippen molar-refractivity contribution in [2.75, 3.05) is 45.9 Å². The lowest BCUT2D eigenvalue weighted by Gasteiger charge is -2.36. The van der Waals surface area contributed by atoms with Gasteiger partial charge in [0, 0.05) is 44.7 Å². The van der Waals surface area contributed by atoms with Gasteiger partial charge in [0.2, 0.25) is 0 Å². The largest absolute Gasteiger partial charge is 0.379 e. The molecule has 4 aliphatic rings. The normalized spacial score (nSPS) is 35.5. The average molecular weight is 298 g/mol. The minimum atomic E-state index is 0.634. The molecule has 0 radical (unpaired) electrons. The lowest BCUT2D eigenvalue weighted by molar-refractivity contribution is 0.00474. The SMILES string of the molecule is c1ccc2c(c1)[C@@H]1CN(CC3CC3)C[C@@H]1[C@H]2N1CCOCC1. The number of hydrogen-bond donors (Lipinski definition) is 0. The molecule has 0 N–H and O–H groups in total. The van der Waals surface area contributed by atoms with Crippen LogP contribution in [0, 0.1) is 11.8 Å². The van der Waals surface area contributed by atoms with Crippen molar-refractivity contribution in [1.29, 1.82) is 0 Å². The van der Waals surface area contributed by atoms with Crippen molar-refractivity contribution in [3.8, 4) is 0 Å². The fourth-order valence-electron chi connectivity index (χ4n) is 5.05. The lowest BCUT2D eigenvalue weighted by Crippen LogP contribution is -2.41. The van der Waals surface area contributed by atoms with E-state index in [0.29, 0.717) is 6.04 Å². The summed E-state index contributed by atoms with van der Waals surface area (Å²) in [5.74, 6) is 2.58. The van der Waals surface area contributed by atoms with E-state index in [9.17, 15) is 0 Å². The van der Waals surface area contributed by atoms with Crippen LogP contribution in [0.15, 0.2) is 24.3 Å². The van der Waals surface area contributed by atoms with Gasteiger partial charge in [-0.25, -0.2) is 0 Å². The monoisotopic (exact) mass is 298 g/mol. The minimum absolute atomic E-state index is 0.634. The molecule has 118 valence electrons. The Balaban J connectivity index is 1.44. The third-order valence-corrected chi connectivity index (χ3v) is 6.21. The van der Waals surface area contributed by atoms with Gasteiger partial charge >= 0.3 is 0 Å².